The average Bonchev–Trinajstić information content (AvgIpc) is 3.20. The van der Waals surface area contributed by atoms with Crippen LogP contribution < -0.4 is 9.80 Å². The van der Waals surface area contributed by atoms with E-state index in [9.17, 15) is 0 Å². The van der Waals surface area contributed by atoms with Crippen LogP contribution in [-0.4, -0.2) is 36.1 Å². The molecule has 3 unspecified atom stereocenters. The van der Waals surface area contributed by atoms with E-state index in [1.54, 1.807) is 0 Å². The Morgan fingerprint density at radius 2 is 1.17 bits per heavy atom. The van der Waals surface area contributed by atoms with Crippen LogP contribution in [0.15, 0.2) is 85.2 Å². The van der Waals surface area contributed by atoms with Crippen LogP contribution in [0, 0.1) is 17.8 Å². The van der Waals surface area contributed by atoms with Crippen molar-refractivity contribution >= 4 is 11.4 Å². The van der Waals surface area contributed by atoms with Crippen molar-refractivity contribution in [2.45, 2.75) is 131 Å². The molecule has 4 aromatic rings. The molecule has 286 valence electrons. The Morgan fingerprint density at radius 1 is 0.623 bits per heavy atom. The number of anilines is 2. The summed E-state index contributed by atoms with van der Waals surface area (Å²) in [5, 5.41) is 0. The molecule has 0 saturated carbocycles. The predicted octanol–water partition coefficient (Wildman–Crippen LogP) is 13.9. The number of hydrogen-bond acceptors (Lipinski definition) is 4. The van der Waals surface area contributed by atoms with E-state index in [4.69, 9.17) is 9.97 Å². The highest BCUT2D eigenvalue weighted by Crippen LogP contribution is 2.32. The van der Waals surface area contributed by atoms with Gasteiger partial charge in [-0.3, -0.25) is 9.97 Å². The summed E-state index contributed by atoms with van der Waals surface area (Å²) in [5.74, 6) is 2.31. The van der Waals surface area contributed by atoms with E-state index in [1.165, 1.54) is 143 Å². The number of unbranched alkanes of at least 4 members (excludes halogenated alkanes) is 3. The van der Waals surface area contributed by atoms with Gasteiger partial charge in [0.2, 0.25) is 0 Å². The first kappa shape index (κ1) is 40.5. The Bertz CT molecular complexity index is 1580. The number of rotatable bonds is 20. The minimum atomic E-state index is 0.745. The van der Waals surface area contributed by atoms with Crippen LogP contribution in [-0.2, 0) is 0 Å². The lowest BCUT2D eigenvalue weighted by molar-refractivity contribution is 0.390. The highest BCUT2D eigenvalue weighted by Gasteiger charge is 2.19. The lowest BCUT2D eigenvalue weighted by atomic mass is 9.93. The van der Waals surface area contributed by atoms with Gasteiger partial charge in [0.15, 0.2) is 0 Å². The van der Waals surface area contributed by atoms with Gasteiger partial charge in [-0.25, -0.2) is 0 Å². The van der Waals surface area contributed by atoms with Crippen LogP contribution in [0.4, 0.5) is 11.4 Å². The maximum Gasteiger partial charge on any atom is 0.0892 e. The summed E-state index contributed by atoms with van der Waals surface area (Å²) < 4.78 is 0. The van der Waals surface area contributed by atoms with Crippen LogP contribution >= 0.6 is 0 Å². The molecule has 1 aliphatic heterocycles. The second kappa shape index (κ2) is 21.9. The first-order chi connectivity index (χ1) is 26.0. The maximum absolute atomic E-state index is 4.79. The van der Waals surface area contributed by atoms with Gasteiger partial charge in [0, 0.05) is 49.9 Å². The summed E-state index contributed by atoms with van der Waals surface area (Å²) in [4.78, 5) is 14.9. The molecule has 3 heterocycles. The topological polar surface area (TPSA) is 32.3 Å². The monoisotopic (exact) mass is 715 g/mol. The fraction of sp³-hybridized carbons (Fsp3) is 0.551. The largest absolute Gasteiger partial charge is 0.371 e. The summed E-state index contributed by atoms with van der Waals surface area (Å²) in [5.41, 5.74) is 9.35. The second-order valence-electron chi connectivity index (χ2n) is 16.0. The predicted molar refractivity (Wildman–Crippen MR) is 231 cm³/mol. The van der Waals surface area contributed by atoms with Crippen molar-refractivity contribution in [2.24, 2.45) is 17.8 Å². The summed E-state index contributed by atoms with van der Waals surface area (Å²) in [6, 6.07) is 27.2. The van der Waals surface area contributed by atoms with Crippen molar-refractivity contribution in [1.82, 2.24) is 9.97 Å². The standard InChI is InChI=1S/C49H70N4/c1-6-11-17-39(9-4)36-53(37-40(10-5)18-12-7-2)47-27-23-43(24-28-47)45-30-32-51-49(35-45)48-34-44(29-31-50-48)42-21-25-46(26-22-42)52-33-16-14-15-20-41(38-52)19-13-8-3/h21-32,34-35,39-41H,6-20,33,36-38H2,1-5H3. The molecular formula is C49H70N4. The molecule has 4 nitrogen and oxygen atoms in total. The Morgan fingerprint density at radius 3 is 1.70 bits per heavy atom. The van der Waals surface area contributed by atoms with Crippen molar-refractivity contribution in [3.63, 3.8) is 0 Å². The molecule has 53 heavy (non-hydrogen) atoms. The summed E-state index contributed by atoms with van der Waals surface area (Å²) in [6.07, 6.45) is 23.6. The molecule has 1 saturated heterocycles. The van der Waals surface area contributed by atoms with E-state index in [0.717, 1.165) is 42.2 Å². The van der Waals surface area contributed by atoms with Gasteiger partial charge in [-0.15, -0.1) is 0 Å². The van der Waals surface area contributed by atoms with E-state index in [2.05, 4.69) is 117 Å². The SMILES string of the molecule is CCCCC1CCCCCN(c2ccc(-c3ccnc(-c4cc(-c5ccc(N(CC(CC)CCCC)CC(CC)CCCC)cc5)ccn4)c3)cc2)C1. The number of benzene rings is 2. The van der Waals surface area contributed by atoms with E-state index in [0.29, 0.717) is 0 Å². The highest BCUT2D eigenvalue weighted by atomic mass is 15.1. The maximum atomic E-state index is 4.79. The third-order valence-electron chi connectivity index (χ3n) is 11.9. The Labute approximate surface area is 323 Å². The number of aromatic nitrogens is 2. The normalized spacial score (nSPS) is 16.2. The molecule has 2 aromatic heterocycles. The van der Waals surface area contributed by atoms with Crippen LogP contribution in [0.2, 0.25) is 0 Å². The Balaban J connectivity index is 1.31. The fourth-order valence-electron chi connectivity index (χ4n) is 8.34. The molecule has 2 aromatic carbocycles. The summed E-state index contributed by atoms with van der Waals surface area (Å²) in [6.45, 7) is 16.4. The third-order valence-corrected chi connectivity index (χ3v) is 11.9. The van der Waals surface area contributed by atoms with E-state index in [1.807, 2.05) is 12.4 Å². The quantitative estimate of drug-likeness (QED) is 0.0912. The Hall–Kier alpha value is -3.66. The molecule has 0 N–H and O–H groups in total. The van der Waals surface area contributed by atoms with Crippen molar-refractivity contribution in [2.75, 3.05) is 36.0 Å². The van der Waals surface area contributed by atoms with Crippen molar-refractivity contribution in [3.8, 4) is 33.6 Å². The zero-order chi connectivity index (χ0) is 37.3. The lowest BCUT2D eigenvalue weighted by Gasteiger charge is -2.32. The number of hydrogen-bond donors (Lipinski definition) is 0. The zero-order valence-corrected chi connectivity index (χ0v) is 34.0. The van der Waals surface area contributed by atoms with Crippen LogP contribution in [0.3, 0.4) is 0 Å². The van der Waals surface area contributed by atoms with Gasteiger partial charge in [0.25, 0.3) is 0 Å². The zero-order valence-electron chi connectivity index (χ0n) is 34.0. The fourth-order valence-corrected chi connectivity index (χ4v) is 8.34. The van der Waals surface area contributed by atoms with Crippen molar-refractivity contribution in [1.29, 1.82) is 0 Å². The molecule has 1 aliphatic rings. The van der Waals surface area contributed by atoms with Gasteiger partial charge in [0.05, 0.1) is 11.4 Å². The van der Waals surface area contributed by atoms with E-state index < -0.39 is 0 Å². The molecule has 0 amide bonds. The molecule has 3 atom stereocenters. The smallest absolute Gasteiger partial charge is 0.0892 e. The minimum Gasteiger partial charge on any atom is -0.371 e. The molecule has 0 aliphatic carbocycles. The van der Waals surface area contributed by atoms with Crippen molar-refractivity contribution in [3.05, 3.63) is 85.2 Å². The molecule has 4 heteroatoms. The van der Waals surface area contributed by atoms with Crippen LogP contribution in [0.5, 0.6) is 0 Å². The van der Waals surface area contributed by atoms with Crippen molar-refractivity contribution < 1.29 is 0 Å². The average molecular weight is 715 g/mol. The number of pyridine rings is 2. The van der Waals surface area contributed by atoms with Gasteiger partial charge in [0.1, 0.15) is 0 Å². The van der Waals surface area contributed by atoms with Gasteiger partial charge in [-0.2, -0.15) is 0 Å². The first-order valence-corrected chi connectivity index (χ1v) is 21.7. The lowest BCUT2D eigenvalue weighted by Crippen LogP contribution is -2.34. The number of nitrogens with zero attached hydrogens (tertiary/aromatic N) is 4. The third kappa shape index (κ3) is 12.2. The van der Waals surface area contributed by atoms with E-state index >= 15 is 0 Å². The summed E-state index contributed by atoms with van der Waals surface area (Å²) >= 11 is 0. The Kier molecular flexibility index (Phi) is 16.7. The summed E-state index contributed by atoms with van der Waals surface area (Å²) in [7, 11) is 0. The molecule has 0 spiro atoms. The van der Waals surface area contributed by atoms with Crippen LogP contribution in [0.25, 0.3) is 33.6 Å². The molecule has 5 rings (SSSR count). The first-order valence-electron chi connectivity index (χ1n) is 21.7. The molecule has 1 fully saturated rings. The molecule has 0 radical (unpaired) electrons. The van der Waals surface area contributed by atoms with Gasteiger partial charge < -0.3 is 9.80 Å². The van der Waals surface area contributed by atoms with E-state index in [-0.39, 0.29) is 0 Å². The minimum absolute atomic E-state index is 0.745. The highest BCUT2D eigenvalue weighted by molar-refractivity contribution is 5.74. The van der Waals surface area contributed by atoms with Crippen LogP contribution in [0.1, 0.15) is 131 Å². The molecule has 0 bridgehead atoms. The molecular weight excluding hydrogens is 645 g/mol. The van der Waals surface area contributed by atoms with Gasteiger partial charge >= 0.3 is 0 Å². The van der Waals surface area contributed by atoms with Gasteiger partial charge in [-0.05, 0) is 121 Å². The van der Waals surface area contributed by atoms with Gasteiger partial charge in [-0.1, -0.05) is 123 Å². The second-order valence-corrected chi connectivity index (χ2v) is 16.0.